The van der Waals surface area contributed by atoms with Crippen LogP contribution >= 0.6 is 0 Å². The summed E-state index contributed by atoms with van der Waals surface area (Å²) in [7, 11) is 0. The van der Waals surface area contributed by atoms with Crippen molar-refractivity contribution in [2.24, 2.45) is 5.41 Å². The van der Waals surface area contributed by atoms with E-state index in [0.717, 1.165) is 0 Å². The molecule has 0 aliphatic heterocycles. The maximum Gasteiger partial charge on any atom is 0.100 e. The molecule has 0 bridgehead atoms. The summed E-state index contributed by atoms with van der Waals surface area (Å²) in [6, 6.07) is 0. The molecule has 0 saturated carbocycles. The van der Waals surface area contributed by atoms with E-state index >= 15 is 0 Å². The Balaban J connectivity index is -0.0000000812. The van der Waals surface area contributed by atoms with Gasteiger partial charge in [-0.1, -0.05) is 6.92 Å². The van der Waals surface area contributed by atoms with Crippen LogP contribution in [0.1, 0.15) is 6.92 Å². The lowest BCUT2D eigenvalue weighted by Crippen LogP contribution is -2.29. The molecule has 0 rings (SSSR count). The molecule has 18 nitrogen and oxygen atoms in total. The molecular weight excluding hydrogens is 528 g/mol. The zero-order chi connectivity index (χ0) is 31.6. The first kappa shape index (κ1) is 50.2. The third-order valence-corrected chi connectivity index (χ3v) is 3.25. The van der Waals surface area contributed by atoms with E-state index < -0.39 is 35.9 Å². The van der Waals surface area contributed by atoms with E-state index in [1.54, 1.807) is 6.92 Å². The van der Waals surface area contributed by atoms with Crippen LogP contribution in [0.25, 0.3) is 0 Å². The van der Waals surface area contributed by atoms with Crippen molar-refractivity contribution in [1.82, 2.24) is 0 Å². The zero-order valence-corrected chi connectivity index (χ0v) is 21.6. The topological polar surface area (TPSA) is 364 Å². The lowest BCUT2D eigenvalue weighted by Gasteiger charge is -2.20. The maximum absolute atomic E-state index is 8.47. The summed E-state index contributed by atoms with van der Waals surface area (Å²) in [5.74, 6) is 0. The fourth-order valence-corrected chi connectivity index (χ4v) is 0.439. The fraction of sp³-hybridized carbons (Fsp3) is 1.00. The van der Waals surface area contributed by atoms with Crippen molar-refractivity contribution >= 4 is 0 Å². The predicted molar refractivity (Wildman–Crippen MR) is 130 cm³/mol. The Kier molecular flexibility index (Phi) is 53.8. The molecule has 0 atom stereocenters. The molecule has 0 fully saturated rings. The predicted octanol–water partition coefficient (Wildman–Crippen LogP) is -9.37. The second-order valence-electron chi connectivity index (χ2n) is 7.38. The summed E-state index contributed by atoms with van der Waals surface area (Å²) in [5, 5.41) is 145. The highest BCUT2D eigenvalue weighted by molar-refractivity contribution is 4.69. The smallest absolute Gasteiger partial charge is 0.100 e. The van der Waals surface area contributed by atoms with Gasteiger partial charge in [0.1, 0.15) is 30.5 Å². The van der Waals surface area contributed by atoms with Gasteiger partial charge < -0.3 is 91.9 Å². The number of aliphatic hydroxyl groups is 18. The van der Waals surface area contributed by atoms with E-state index in [0.29, 0.717) is 0 Å². The number of hydrogen-bond donors (Lipinski definition) is 18. The van der Waals surface area contributed by atoms with Crippen molar-refractivity contribution in [3.05, 3.63) is 0 Å². The largest absolute Gasteiger partial charge is 0.396 e. The van der Waals surface area contributed by atoms with Crippen LogP contribution in [0.2, 0.25) is 0 Å². The highest BCUT2D eigenvalue weighted by Gasteiger charge is 2.20. The lowest BCUT2D eigenvalue weighted by atomic mass is 9.95. The Hall–Kier alpha value is -0.720. The Bertz CT molecular complexity index is 292. The number of rotatable bonds is 13. The molecule has 0 aromatic rings. The molecule has 0 amide bonds. The Labute approximate surface area is 221 Å². The van der Waals surface area contributed by atoms with E-state index in [1.807, 2.05) is 0 Å². The lowest BCUT2D eigenvalue weighted by molar-refractivity contribution is 0.0200. The number of aliphatic hydroxyl groups excluding tert-OH is 18. The summed E-state index contributed by atoms with van der Waals surface area (Å²) >= 11 is 0. The van der Waals surface area contributed by atoms with Crippen molar-refractivity contribution in [3.63, 3.8) is 0 Å². The molecule has 18 N–H and O–H groups in total. The van der Waals surface area contributed by atoms with Crippen molar-refractivity contribution in [1.29, 1.82) is 0 Å². The van der Waals surface area contributed by atoms with E-state index in [4.69, 9.17) is 91.9 Å². The average molecular weight is 581 g/mol. The molecular formula is C20H52O18. The fourth-order valence-electron chi connectivity index (χ4n) is 0.439. The Morgan fingerprint density at radius 2 is 0.421 bits per heavy atom. The normalized spacial score (nSPS) is 10.4. The maximum atomic E-state index is 8.47. The SMILES string of the molecule is CC(CO)(CO)CO.OCC(O)CO.OCC(O)CO.OCC(O)CO.OCC(O)CO.OCC(O)CO. The van der Waals surface area contributed by atoms with E-state index in [2.05, 4.69) is 0 Å². The van der Waals surface area contributed by atoms with Crippen LogP contribution in [0, 0.1) is 5.41 Å². The first-order valence-corrected chi connectivity index (χ1v) is 11.0. The molecule has 0 aromatic carbocycles. The summed E-state index contributed by atoms with van der Waals surface area (Å²) in [4.78, 5) is 0. The van der Waals surface area contributed by atoms with Gasteiger partial charge in [-0.2, -0.15) is 0 Å². The van der Waals surface area contributed by atoms with E-state index in [-0.39, 0.29) is 85.9 Å². The molecule has 0 radical (unpaired) electrons. The second kappa shape index (κ2) is 40.8. The van der Waals surface area contributed by atoms with Crippen molar-refractivity contribution in [2.45, 2.75) is 37.4 Å². The second-order valence-corrected chi connectivity index (χ2v) is 7.38. The standard InChI is InChI=1S/C5H12O3.5C3H8O3/c1-5(2-6,3-7)4-8;5*4-1-3(6)2-5/h6-8H,2-4H2,1H3;5*3-6H,1-2H2. The van der Waals surface area contributed by atoms with Gasteiger partial charge in [-0.3, -0.25) is 0 Å². The molecule has 38 heavy (non-hydrogen) atoms. The minimum absolute atomic E-state index is 0.181. The molecule has 0 spiro atoms. The third kappa shape index (κ3) is 51.8. The number of hydrogen-bond acceptors (Lipinski definition) is 18. The highest BCUT2D eigenvalue weighted by atomic mass is 16.4. The van der Waals surface area contributed by atoms with Gasteiger partial charge in [-0.25, -0.2) is 0 Å². The van der Waals surface area contributed by atoms with Gasteiger partial charge in [0.15, 0.2) is 0 Å². The molecule has 240 valence electrons. The first-order chi connectivity index (χ1) is 17.7. The van der Waals surface area contributed by atoms with Gasteiger partial charge in [-0.05, 0) is 0 Å². The Morgan fingerprint density at radius 3 is 0.421 bits per heavy atom. The van der Waals surface area contributed by atoms with Crippen LogP contribution in [0.15, 0.2) is 0 Å². The van der Waals surface area contributed by atoms with Crippen LogP contribution in [0.4, 0.5) is 0 Å². The molecule has 0 aliphatic rings. The van der Waals surface area contributed by atoms with Gasteiger partial charge in [0.2, 0.25) is 0 Å². The van der Waals surface area contributed by atoms with E-state index in [9.17, 15) is 0 Å². The van der Waals surface area contributed by atoms with Crippen LogP contribution in [-0.4, -0.2) is 208 Å². The van der Waals surface area contributed by atoms with Gasteiger partial charge >= 0.3 is 0 Å². The van der Waals surface area contributed by atoms with Crippen molar-refractivity contribution in [2.75, 3.05) is 85.9 Å². The summed E-state index contributed by atoms with van der Waals surface area (Å²) in [6.45, 7) is -2.58. The minimum Gasteiger partial charge on any atom is -0.396 e. The van der Waals surface area contributed by atoms with Gasteiger partial charge in [0.05, 0.1) is 85.9 Å². The summed E-state index contributed by atoms with van der Waals surface area (Å²) < 4.78 is 0. The van der Waals surface area contributed by atoms with Crippen molar-refractivity contribution in [3.8, 4) is 0 Å². The molecule has 0 aromatic heterocycles. The molecule has 18 heteroatoms. The third-order valence-electron chi connectivity index (χ3n) is 3.25. The van der Waals surface area contributed by atoms with Crippen molar-refractivity contribution < 1.29 is 91.9 Å². The van der Waals surface area contributed by atoms with Gasteiger partial charge in [-0.15, -0.1) is 0 Å². The van der Waals surface area contributed by atoms with Crippen LogP contribution in [0.5, 0.6) is 0 Å². The minimum atomic E-state index is -0.954. The van der Waals surface area contributed by atoms with Crippen LogP contribution in [0.3, 0.4) is 0 Å². The highest BCUT2D eigenvalue weighted by Crippen LogP contribution is 2.10. The quantitative estimate of drug-likeness (QED) is 0.0960. The van der Waals surface area contributed by atoms with Gasteiger partial charge in [0, 0.05) is 5.41 Å². The Morgan fingerprint density at radius 1 is 0.316 bits per heavy atom. The van der Waals surface area contributed by atoms with Crippen LogP contribution in [-0.2, 0) is 0 Å². The van der Waals surface area contributed by atoms with Crippen LogP contribution < -0.4 is 0 Å². The van der Waals surface area contributed by atoms with E-state index in [1.165, 1.54) is 0 Å². The molecule has 0 saturated heterocycles. The van der Waals surface area contributed by atoms with Gasteiger partial charge in [0.25, 0.3) is 0 Å². The monoisotopic (exact) mass is 580 g/mol. The first-order valence-electron chi connectivity index (χ1n) is 11.0. The molecule has 0 aliphatic carbocycles. The summed E-state index contributed by atoms with van der Waals surface area (Å²) in [5.41, 5.74) is -0.708. The average Bonchev–Trinajstić information content (AvgIpc) is 2.99. The summed E-state index contributed by atoms with van der Waals surface area (Å²) in [6.07, 6.45) is -4.77. The molecule has 0 heterocycles. The zero-order valence-electron chi connectivity index (χ0n) is 21.6. The molecule has 0 unspecified atom stereocenters.